The summed E-state index contributed by atoms with van der Waals surface area (Å²) in [5, 5.41) is 13.1. The van der Waals surface area contributed by atoms with E-state index in [2.05, 4.69) is 45.6 Å². The molecule has 1 heterocycles. The zero-order valence-electron chi connectivity index (χ0n) is 17.3. The van der Waals surface area contributed by atoms with Crippen LogP contribution in [0.25, 0.3) is 5.57 Å². The van der Waals surface area contributed by atoms with E-state index in [0.717, 1.165) is 30.5 Å². The van der Waals surface area contributed by atoms with Crippen LogP contribution in [0.15, 0.2) is 49.1 Å². The van der Waals surface area contributed by atoms with Crippen LogP contribution in [0.4, 0.5) is 5.82 Å². The molecule has 4 rings (SSSR count). The molecule has 0 saturated heterocycles. The lowest BCUT2D eigenvalue weighted by molar-refractivity contribution is -0.118. The van der Waals surface area contributed by atoms with Crippen molar-refractivity contribution in [2.75, 3.05) is 5.32 Å². The molecule has 156 valence electrons. The number of rotatable bonds is 7. The molecule has 2 aromatic rings. The van der Waals surface area contributed by atoms with Crippen LogP contribution in [0.3, 0.4) is 0 Å². The predicted octanol–water partition coefficient (Wildman–Crippen LogP) is 4.27. The summed E-state index contributed by atoms with van der Waals surface area (Å²) < 4.78 is 0. The Bertz CT molecular complexity index is 969. The van der Waals surface area contributed by atoms with Gasteiger partial charge in [-0.15, -0.1) is 0 Å². The summed E-state index contributed by atoms with van der Waals surface area (Å²) in [6.07, 6.45) is 8.54. The number of nitrogens with one attached hydrogen (secondary N) is 3. The van der Waals surface area contributed by atoms with Crippen molar-refractivity contribution in [1.82, 2.24) is 15.5 Å². The van der Waals surface area contributed by atoms with Gasteiger partial charge in [0, 0.05) is 23.7 Å². The summed E-state index contributed by atoms with van der Waals surface area (Å²) in [7, 11) is 0. The summed E-state index contributed by atoms with van der Waals surface area (Å²) in [4.78, 5) is 24.1. The Morgan fingerprint density at radius 1 is 1.23 bits per heavy atom. The Balaban J connectivity index is 1.34. The third-order valence-corrected chi connectivity index (χ3v) is 5.98. The van der Waals surface area contributed by atoms with Crippen molar-refractivity contribution in [3.63, 3.8) is 0 Å². The highest BCUT2D eigenvalue weighted by atomic mass is 16.2. The van der Waals surface area contributed by atoms with Crippen LogP contribution in [0.5, 0.6) is 0 Å². The molecule has 6 nitrogen and oxygen atoms in total. The van der Waals surface area contributed by atoms with E-state index >= 15 is 0 Å². The van der Waals surface area contributed by atoms with E-state index in [-0.39, 0.29) is 23.8 Å². The van der Waals surface area contributed by atoms with Gasteiger partial charge in [-0.25, -0.2) is 0 Å². The van der Waals surface area contributed by atoms with Gasteiger partial charge in [0.1, 0.15) is 0 Å². The molecule has 2 aliphatic carbocycles. The highest BCUT2D eigenvalue weighted by Gasteiger charge is 2.26. The Labute approximate surface area is 176 Å². The number of carbonyl (C=O) groups excluding carboxylic acids is 2. The molecule has 2 aliphatic rings. The minimum atomic E-state index is -0.265. The summed E-state index contributed by atoms with van der Waals surface area (Å²) in [6.45, 7) is 5.40. The fourth-order valence-corrected chi connectivity index (χ4v) is 3.86. The second-order valence-electron chi connectivity index (χ2n) is 8.23. The van der Waals surface area contributed by atoms with Crippen molar-refractivity contribution in [2.24, 2.45) is 0 Å². The number of aromatic nitrogens is 2. The number of aromatic amines is 1. The molecule has 0 bridgehead atoms. The van der Waals surface area contributed by atoms with Gasteiger partial charge in [-0.2, -0.15) is 5.10 Å². The van der Waals surface area contributed by atoms with Gasteiger partial charge in [0.25, 0.3) is 0 Å². The number of benzene rings is 1. The topological polar surface area (TPSA) is 86.9 Å². The average molecular weight is 405 g/mol. The van der Waals surface area contributed by atoms with E-state index in [1.54, 1.807) is 0 Å². The van der Waals surface area contributed by atoms with E-state index in [1.165, 1.54) is 30.1 Å². The average Bonchev–Trinajstić information content (AvgIpc) is 3.53. The number of hydrogen-bond donors (Lipinski definition) is 3. The minimum absolute atomic E-state index is 0.0609. The van der Waals surface area contributed by atoms with Crippen LogP contribution in [0.1, 0.15) is 67.7 Å². The summed E-state index contributed by atoms with van der Waals surface area (Å²) in [6, 6.07) is 10.3. The lowest BCUT2D eigenvalue weighted by Crippen LogP contribution is -2.34. The maximum atomic E-state index is 12.6. The van der Waals surface area contributed by atoms with Gasteiger partial charge in [0.05, 0.1) is 5.92 Å². The maximum absolute atomic E-state index is 12.6. The summed E-state index contributed by atoms with van der Waals surface area (Å²) >= 11 is 0. The molecule has 2 atom stereocenters. The quantitative estimate of drug-likeness (QED) is 0.603. The largest absolute Gasteiger partial charge is 0.350 e. The molecular formula is C24H28N4O2. The van der Waals surface area contributed by atoms with Gasteiger partial charge >= 0.3 is 0 Å². The zero-order valence-corrected chi connectivity index (χ0v) is 17.3. The van der Waals surface area contributed by atoms with Gasteiger partial charge in [-0.3, -0.25) is 14.7 Å². The normalized spacial score (nSPS) is 19.5. The highest BCUT2D eigenvalue weighted by molar-refractivity contribution is 5.95. The first-order valence-electron chi connectivity index (χ1n) is 10.6. The Kier molecular flexibility index (Phi) is 5.84. The fourth-order valence-electron chi connectivity index (χ4n) is 3.86. The molecule has 1 aromatic carbocycles. The molecule has 3 N–H and O–H groups in total. The number of nitrogens with zero attached hydrogens (tertiary/aromatic N) is 1. The van der Waals surface area contributed by atoms with Crippen LogP contribution in [-0.2, 0) is 9.59 Å². The molecule has 2 amide bonds. The predicted molar refractivity (Wildman–Crippen MR) is 118 cm³/mol. The number of H-pyrrole nitrogens is 1. The van der Waals surface area contributed by atoms with E-state index in [1.807, 2.05) is 25.1 Å². The highest BCUT2D eigenvalue weighted by Crippen LogP contribution is 2.39. The second kappa shape index (κ2) is 8.69. The smallest absolute Gasteiger partial charge is 0.243 e. The van der Waals surface area contributed by atoms with E-state index < -0.39 is 0 Å². The molecule has 0 spiro atoms. The summed E-state index contributed by atoms with van der Waals surface area (Å²) in [5.41, 5.74) is 4.53. The third kappa shape index (κ3) is 4.70. The Morgan fingerprint density at radius 3 is 2.63 bits per heavy atom. The van der Waals surface area contributed by atoms with Crippen molar-refractivity contribution in [1.29, 1.82) is 0 Å². The van der Waals surface area contributed by atoms with Gasteiger partial charge in [-0.05, 0) is 61.8 Å². The van der Waals surface area contributed by atoms with Crippen LogP contribution in [0.2, 0.25) is 0 Å². The van der Waals surface area contributed by atoms with Crippen LogP contribution < -0.4 is 10.6 Å². The van der Waals surface area contributed by atoms with Gasteiger partial charge < -0.3 is 10.6 Å². The monoisotopic (exact) mass is 404 g/mol. The molecule has 6 heteroatoms. The van der Waals surface area contributed by atoms with E-state index in [0.29, 0.717) is 11.7 Å². The second-order valence-corrected chi connectivity index (χ2v) is 8.23. The third-order valence-electron chi connectivity index (χ3n) is 5.98. The first-order valence-corrected chi connectivity index (χ1v) is 10.6. The fraction of sp³-hybridized carbons (Fsp3) is 0.375. The molecule has 0 radical (unpaired) electrons. The lowest BCUT2D eigenvalue weighted by Gasteiger charge is -2.23. The minimum Gasteiger partial charge on any atom is -0.350 e. The van der Waals surface area contributed by atoms with Gasteiger partial charge in [0.2, 0.25) is 11.8 Å². The Morgan fingerprint density at radius 2 is 2.00 bits per heavy atom. The van der Waals surface area contributed by atoms with Gasteiger partial charge in [-0.1, -0.05) is 36.9 Å². The first-order chi connectivity index (χ1) is 14.5. The van der Waals surface area contributed by atoms with Crippen molar-refractivity contribution in [2.45, 2.75) is 56.9 Å². The molecule has 2 unspecified atom stereocenters. The van der Waals surface area contributed by atoms with Gasteiger partial charge in [0.15, 0.2) is 5.82 Å². The van der Waals surface area contributed by atoms with Crippen LogP contribution in [0, 0.1) is 0 Å². The molecule has 30 heavy (non-hydrogen) atoms. The van der Waals surface area contributed by atoms with Crippen molar-refractivity contribution < 1.29 is 9.59 Å². The van der Waals surface area contributed by atoms with Crippen molar-refractivity contribution in [3.8, 4) is 0 Å². The van der Waals surface area contributed by atoms with Crippen molar-refractivity contribution in [3.05, 3.63) is 65.9 Å². The number of amides is 2. The zero-order chi connectivity index (χ0) is 21.1. The number of allylic oxidation sites excluding steroid dienone is 1. The van der Waals surface area contributed by atoms with Crippen molar-refractivity contribution >= 4 is 23.2 Å². The molecular weight excluding hydrogens is 376 g/mol. The standard InChI is InChI=1S/C24H28N4O2/c1-3-23(29)25-20-12-10-18(11-13-20)17-6-4-16(5-7-17)15(2)24(30)26-22-14-21(27-28-22)19-8-9-19/h3-7,10,14-15,19-20H,1,8-9,11-13H2,2H3,(H,25,29)(H2,26,27,28,30). The Hall–Kier alpha value is -3.15. The molecule has 1 aromatic heterocycles. The molecule has 0 aliphatic heterocycles. The van der Waals surface area contributed by atoms with Crippen LogP contribution >= 0.6 is 0 Å². The maximum Gasteiger partial charge on any atom is 0.243 e. The molecule has 1 saturated carbocycles. The lowest BCUT2D eigenvalue weighted by atomic mass is 9.89. The van der Waals surface area contributed by atoms with Crippen LogP contribution in [-0.4, -0.2) is 28.1 Å². The number of carbonyl (C=O) groups is 2. The number of anilines is 1. The van der Waals surface area contributed by atoms with E-state index in [4.69, 9.17) is 0 Å². The SMILES string of the molecule is C=CC(=O)NC1CC=C(c2ccc(C(C)C(=O)Nc3cc(C4CC4)[nH]n3)cc2)CC1. The number of hydrogen-bond acceptors (Lipinski definition) is 3. The van der Waals surface area contributed by atoms with E-state index in [9.17, 15) is 9.59 Å². The molecule has 1 fully saturated rings. The summed E-state index contributed by atoms with van der Waals surface area (Å²) in [5.74, 6) is 0.729. The first kappa shape index (κ1) is 20.1.